The van der Waals surface area contributed by atoms with Crippen LogP contribution in [0.25, 0.3) is 11.0 Å². The van der Waals surface area contributed by atoms with Gasteiger partial charge in [-0.05, 0) is 37.8 Å². The lowest BCUT2D eigenvalue weighted by molar-refractivity contribution is 0.0697. The van der Waals surface area contributed by atoms with Gasteiger partial charge in [-0.25, -0.2) is 4.98 Å². The topological polar surface area (TPSA) is 76.8 Å². The molecule has 1 unspecified atom stereocenters. The Hall–Kier alpha value is -2.83. The summed E-state index contributed by atoms with van der Waals surface area (Å²) in [6.45, 7) is 2.43. The maximum Gasteiger partial charge on any atom is 0.274 e. The van der Waals surface area contributed by atoms with Crippen LogP contribution >= 0.6 is 0 Å². The Bertz CT molecular complexity index is 1010. The highest BCUT2D eigenvalue weighted by molar-refractivity contribution is 5.93. The van der Waals surface area contributed by atoms with Crippen molar-refractivity contribution >= 4 is 16.9 Å². The van der Waals surface area contributed by atoms with E-state index in [1.807, 2.05) is 29.2 Å². The van der Waals surface area contributed by atoms with E-state index in [0.29, 0.717) is 12.2 Å². The average Bonchev–Trinajstić information content (AvgIpc) is 3.01. The summed E-state index contributed by atoms with van der Waals surface area (Å²) in [6.07, 6.45) is 8.24. The monoisotopic (exact) mass is 376 g/mol. The van der Waals surface area contributed by atoms with Gasteiger partial charge in [0.1, 0.15) is 17.3 Å². The molecule has 1 fully saturated rings. The van der Waals surface area contributed by atoms with Crippen LogP contribution in [0, 0.1) is 0 Å². The van der Waals surface area contributed by atoms with Crippen LogP contribution < -0.4 is 0 Å². The smallest absolute Gasteiger partial charge is 0.274 e. The molecule has 2 aliphatic heterocycles. The van der Waals surface area contributed by atoms with E-state index in [-0.39, 0.29) is 11.8 Å². The first-order chi connectivity index (χ1) is 13.8. The van der Waals surface area contributed by atoms with Crippen molar-refractivity contribution in [3.8, 4) is 0 Å². The third kappa shape index (κ3) is 3.15. The molecule has 0 radical (unpaired) electrons. The number of piperidine rings is 1. The molecule has 1 aromatic carbocycles. The molecule has 0 spiro atoms. The third-order valence-corrected chi connectivity index (χ3v) is 5.88. The van der Waals surface area contributed by atoms with Crippen LogP contribution in [0.3, 0.4) is 0 Å². The third-order valence-electron chi connectivity index (χ3n) is 5.88. The van der Waals surface area contributed by atoms with Gasteiger partial charge in [-0.15, -0.1) is 10.2 Å². The summed E-state index contributed by atoms with van der Waals surface area (Å²) in [5, 5.41) is 8.96. The molecule has 2 aromatic heterocycles. The van der Waals surface area contributed by atoms with Crippen LogP contribution in [-0.4, -0.2) is 48.6 Å². The minimum absolute atomic E-state index is 0.0430. The summed E-state index contributed by atoms with van der Waals surface area (Å²) in [4.78, 5) is 23.9. The van der Waals surface area contributed by atoms with E-state index in [9.17, 15) is 4.79 Å². The Labute approximate surface area is 163 Å². The van der Waals surface area contributed by atoms with E-state index in [1.54, 1.807) is 6.20 Å². The van der Waals surface area contributed by atoms with Crippen LogP contribution in [0.1, 0.15) is 60.2 Å². The van der Waals surface area contributed by atoms with Crippen LogP contribution in [0.5, 0.6) is 0 Å². The Morgan fingerprint density at radius 2 is 1.89 bits per heavy atom. The lowest BCUT2D eigenvalue weighted by Gasteiger charge is -2.32. The highest BCUT2D eigenvalue weighted by Crippen LogP contribution is 2.28. The van der Waals surface area contributed by atoms with Crippen molar-refractivity contribution in [2.24, 2.45) is 0 Å². The number of nitrogens with zero attached hydrogens (tertiary/aromatic N) is 6. The summed E-state index contributed by atoms with van der Waals surface area (Å²) in [6, 6.07) is 7.64. The summed E-state index contributed by atoms with van der Waals surface area (Å²) >= 11 is 0. The summed E-state index contributed by atoms with van der Waals surface area (Å²) in [5.41, 5.74) is 1.98. The second-order valence-corrected chi connectivity index (χ2v) is 7.77. The zero-order valence-corrected chi connectivity index (χ0v) is 15.9. The Balaban J connectivity index is 1.38. The quantitative estimate of drug-likeness (QED) is 0.687. The maximum atomic E-state index is 13.1. The van der Waals surface area contributed by atoms with Crippen molar-refractivity contribution in [2.75, 3.05) is 13.1 Å². The number of rotatable bonds is 2. The highest BCUT2D eigenvalue weighted by atomic mass is 16.2. The minimum atomic E-state index is -0.0430. The van der Waals surface area contributed by atoms with E-state index in [0.717, 1.165) is 55.0 Å². The molecular weight excluding hydrogens is 352 g/mol. The fraction of sp³-hybridized carbons (Fsp3) is 0.476. The Kier molecular flexibility index (Phi) is 4.50. The predicted octanol–water partition coefficient (Wildman–Crippen LogP) is 2.97. The normalized spacial score (nSPS) is 20.0. The van der Waals surface area contributed by atoms with Crippen molar-refractivity contribution in [1.29, 1.82) is 0 Å². The number of hydrogen-bond donors (Lipinski definition) is 0. The van der Waals surface area contributed by atoms with Crippen molar-refractivity contribution in [3.63, 3.8) is 0 Å². The first-order valence-electron chi connectivity index (χ1n) is 10.2. The van der Waals surface area contributed by atoms with Gasteiger partial charge in [0.2, 0.25) is 0 Å². The molecule has 4 heterocycles. The molecular formula is C21H24N6O. The lowest BCUT2D eigenvalue weighted by atomic mass is 9.96. The second-order valence-electron chi connectivity index (χ2n) is 7.77. The zero-order valence-electron chi connectivity index (χ0n) is 15.9. The van der Waals surface area contributed by atoms with Crippen molar-refractivity contribution in [3.05, 3.63) is 47.8 Å². The fourth-order valence-corrected chi connectivity index (χ4v) is 4.40. The van der Waals surface area contributed by atoms with Crippen molar-refractivity contribution in [1.82, 2.24) is 29.6 Å². The van der Waals surface area contributed by atoms with Crippen LogP contribution in [0.2, 0.25) is 0 Å². The molecule has 0 saturated carbocycles. The van der Waals surface area contributed by atoms with E-state index in [1.165, 1.54) is 19.3 Å². The SMILES string of the molecule is O=C(c1cnc2ccccc2n1)N1CCCC(c2nnc3n2CCCCC3)C1. The number of para-hydroxylation sites is 2. The summed E-state index contributed by atoms with van der Waals surface area (Å²) in [5.74, 6) is 2.36. The van der Waals surface area contributed by atoms with Crippen LogP contribution in [0.15, 0.2) is 30.5 Å². The van der Waals surface area contributed by atoms with Gasteiger partial charge in [0.15, 0.2) is 0 Å². The van der Waals surface area contributed by atoms with Crippen LogP contribution in [-0.2, 0) is 13.0 Å². The maximum absolute atomic E-state index is 13.1. The van der Waals surface area contributed by atoms with Gasteiger partial charge >= 0.3 is 0 Å². The predicted molar refractivity (Wildman–Crippen MR) is 105 cm³/mol. The van der Waals surface area contributed by atoms with Gasteiger partial charge < -0.3 is 9.47 Å². The standard InChI is InChI=1S/C21H24N6O/c28-21(18-13-22-16-8-3-4-9-17(16)23-18)26-11-6-7-15(14-26)20-25-24-19-10-2-1-5-12-27(19)20/h3-4,8-9,13,15H,1-2,5-7,10-12,14H2. The number of carbonyl (C=O) groups excluding carboxylic acids is 1. The Morgan fingerprint density at radius 1 is 1.00 bits per heavy atom. The first-order valence-corrected chi connectivity index (χ1v) is 10.2. The van der Waals surface area contributed by atoms with Crippen molar-refractivity contribution < 1.29 is 4.79 Å². The van der Waals surface area contributed by atoms with Crippen LogP contribution in [0.4, 0.5) is 0 Å². The number of aryl methyl sites for hydroxylation is 1. The zero-order chi connectivity index (χ0) is 18.9. The number of likely N-dealkylation sites (tertiary alicyclic amines) is 1. The molecule has 0 N–H and O–H groups in total. The van der Waals surface area contributed by atoms with Gasteiger partial charge in [-0.1, -0.05) is 18.6 Å². The molecule has 7 heteroatoms. The number of hydrogen-bond acceptors (Lipinski definition) is 5. The van der Waals surface area contributed by atoms with Gasteiger partial charge in [0.25, 0.3) is 5.91 Å². The Morgan fingerprint density at radius 3 is 2.82 bits per heavy atom. The molecule has 1 saturated heterocycles. The van der Waals surface area contributed by atoms with E-state index in [2.05, 4.69) is 24.7 Å². The van der Waals surface area contributed by atoms with Gasteiger partial charge in [0, 0.05) is 32.0 Å². The van der Waals surface area contributed by atoms with Gasteiger partial charge in [-0.3, -0.25) is 9.78 Å². The number of amides is 1. The minimum Gasteiger partial charge on any atom is -0.337 e. The van der Waals surface area contributed by atoms with E-state index in [4.69, 9.17) is 0 Å². The molecule has 3 aromatic rings. The van der Waals surface area contributed by atoms with Gasteiger partial charge in [0.05, 0.1) is 17.2 Å². The highest BCUT2D eigenvalue weighted by Gasteiger charge is 2.30. The molecule has 7 nitrogen and oxygen atoms in total. The second kappa shape index (κ2) is 7.30. The molecule has 144 valence electrons. The largest absolute Gasteiger partial charge is 0.337 e. The van der Waals surface area contributed by atoms with Crippen molar-refractivity contribution in [2.45, 2.75) is 51.0 Å². The van der Waals surface area contributed by atoms with Gasteiger partial charge in [-0.2, -0.15) is 0 Å². The number of carbonyl (C=O) groups is 1. The summed E-state index contributed by atoms with van der Waals surface area (Å²) in [7, 11) is 0. The molecule has 5 rings (SSSR count). The van der Waals surface area contributed by atoms with E-state index >= 15 is 0 Å². The number of aromatic nitrogens is 5. The molecule has 2 aliphatic rings. The fourth-order valence-electron chi connectivity index (χ4n) is 4.40. The lowest BCUT2D eigenvalue weighted by Crippen LogP contribution is -2.40. The number of fused-ring (bicyclic) bond motifs is 2. The number of benzene rings is 1. The van der Waals surface area contributed by atoms with E-state index < -0.39 is 0 Å². The summed E-state index contributed by atoms with van der Waals surface area (Å²) < 4.78 is 2.31. The molecule has 28 heavy (non-hydrogen) atoms. The average molecular weight is 376 g/mol. The molecule has 0 bridgehead atoms. The first kappa shape index (κ1) is 17.3. The molecule has 1 atom stereocenters. The molecule has 1 amide bonds. The molecule has 0 aliphatic carbocycles.